The van der Waals surface area contributed by atoms with Crippen LogP contribution in [-0.2, 0) is 20.7 Å². The topological polar surface area (TPSA) is 84.1 Å². The third kappa shape index (κ3) is 3.72. The number of H-pyrrole nitrogens is 1. The highest BCUT2D eigenvalue weighted by molar-refractivity contribution is 5.83. The lowest BCUT2D eigenvalue weighted by molar-refractivity contribution is -0.147. The van der Waals surface area contributed by atoms with E-state index in [1.54, 1.807) is 13.1 Å². The Bertz CT molecular complexity index is 348. The van der Waals surface area contributed by atoms with Crippen molar-refractivity contribution >= 4 is 11.9 Å². The number of aromatic amines is 1. The highest BCUT2D eigenvalue weighted by Gasteiger charge is 2.21. The fourth-order valence-corrected chi connectivity index (χ4v) is 1.30. The van der Waals surface area contributed by atoms with Crippen molar-refractivity contribution < 1.29 is 14.3 Å². The monoisotopic (exact) mass is 227 g/mol. The molecule has 1 aromatic rings. The van der Waals surface area contributed by atoms with Crippen LogP contribution >= 0.6 is 0 Å². The summed E-state index contributed by atoms with van der Waals surface area (Å²) in [4.78, 5) is 29.2. The Morgan fingerprint density at radius 2 is 2.38 bits per heavy atom. The summed E-state index contributed by atoms with van der Waals surface area (Å²) < 4.78 is 4.87. The van der Waals surface area contributed by atoms with Gasteiger partial charge in [0.25, 0.3) is 0 Å². The lowest BCUT2D eigenvalue weighted by Gasteiger charge is -2.15. The fourth-order valence-electron chi connectivity index (χ4n) is 1.30. The second-order valence-electron chi connectivity index (χ2n) is 3.29. The predicted octanol–water partition coefficient (Wildman–Crippen LogP) is 0.0200. The number of nitrogens with one attached hydrogen (secondary N) is 2. The first-order valence-corrected chi connectivity index (χ1v) is 5.04. The number of carbonyl (C=O) groups excluding carboxylic acids is 2. The van der Waals surface area contributed by atoms with E-state index in [1.165, 1.54) is 13.3 Å². The molecule has 0 saturated carbocycles. The average Bonchev–Trinajstić information content (AvgIpc) is 2.69. The Hall–Kier alpha value is -1.85. The number of hydrogen-bond donors (Lipinski definition) is 2. The van der Waals surface area contributed by atoms with Crippen molar-refractivity contribution in [3.8, 4) is 0 Å². The normalized spacial score (nSPS) is 11.9. The van der Waals surface area contributed by atoms with Crippen molar-refractivity contribution in [1.29, 1.82) is 0 Å². The summed E-state index contributed by atoms with van der Waals surface area (Å²) in [5, 5.41) is 2.54. The van der Waals surface area contributed by atoms with Crippen molar-refractivity contribution in [1.82, 2.24) is 15.3 Å². The first-order valence-electron chi connectivity index (χ1n) is 5.04. The minimum absolute atomic E-state index is 0.266. The van der Waals surface area contributed by atoms with E-state index in [0.29, 0.717) is 6.42 Å². The number of imidazole rings is 1. The zero-order chi connectivity index (χ0) is 12.0. The molecule has 1 aromatic heterocycles. The van der Waals surface area contributed by atoms with Gasteiger partial charge in [0.05, 0.1) is 12.9 Å². The molecule has 0 radical (unpaired) electrons. The molecular weight excluding hydrogens is 212 g/mol. The summed E-state index contributed by atoms with van der Waals surface area (Å²) in [7, 11) is 0. The van der Waals surface area contributed by atoms with Gasteiger partial charge in [0.1, 0.15) is 6.04 Å². The number of ether oxygens (including phenoxy) is 1. The molecule has 0 fully saturated rings. The van der Waals surface area contributed by atoms with Crippen LogP contribution < -0.4 is 5.32 Å². The van der Waals surface area contributed by atoms with Crippen LogP contribution in [0.15, 0.2) is 12.5 Å². The van der Waals surface area contributed by atoms with Crippen LogP contribution in [0.4, 0.5) is 0 Å². The molecule has 1 heterocycles. The van der Waals surface area contributed by atoms with Gasteiger partial charge in [-0.1, -0.05) is 0 Å². The van der Waals surface area contributed by atoms with Crippen LogP contribution in [0.1, 0.15) is 19.5 Å². The fraction of sp³-hybridized carbons (Fsp3) is 0.500. The third-order valence-electron chi connectivity index (χ3n) is 1.93. The number of rotatable bonds is 5. The van der Waals surface area contributed by atoms with E-state index in [-0.39, 0.29) is 12.5 Å². The average molecular weight is 227 g/mol. The van der Waals surface area contributed by atoms with Crippen molar-refractivity contribution in [3.63, 3.8) is 0 Å². The molecular formula is C10H15N3O3. The van der Waals surface area contributed by atoms with Crippen molar-refractivity contribution in [2.75, 3.05) is 6.61 Å². The standard InChI is InChI=1S/C10H15N3O3/c1-3-16-10(15)9(13-7(2)14)4-8-5-11-6-12-8/h5-6,9H,3-4H2,1-2H3,(H,11,12)(H,13,14)/i11+1,12+1. The Balaban J connectivity index is 2.63. The van der Waals surface area contributed by atoms with Gasteiger partial charge in [-0.2, -0.15) is 0 Å². The molecule has 6 heteroatoms. The molecule has 16 heavy (non-hydrogen) atoms. The van der Waals surface area contributed by atoms with Crippen LogP contribution in [0.3, 0.4) is 0 Å². The maximum absolute atomic E-state index is 11.5. The van der Waals surface area contributed by atoms with Gasteiger partial charge >= 0.3 is 5.97 Å². The number of carbonyl (C=O) groups is 2. The molecule has 0 aromatic carbocycles. The summed E-state index contributed by atoms with van der Waals surface area (Å²) in [6.45, 7) is 3.37. The number of amides is 1. The maximum Gasteiger partial charge on any atom is 0.329 e. The highest BCUT2D eigenvalue weighted by atomic mass is 16.5. The van der Waals surface area contributed by atoms with Gasteiger partial charge in [-0.05, 0) is 6.92 Å². The molecule has 1 atom stereocenters. The largest absolute Gasteiger partial charge is 0.464 e. The first-order chi connectivity index (χ1) is 7.63. The van der Waals surface area contributed by atoms with E-state index in [9.17, 15) is 9.59 Å². The van der Waals surface area contributed by atoms with Gasteiger partial charge in [0.15, 0.2) is 0 Å². The lowest BCUT2D eigenvalue weighted by atomic mass is 10.2. The number of aromatic nitrogens is 2. The molecule has 2 N–H and O–H groups in total. The third-order valence-corrected chi connectivity index (χ3v) is 1.93. The molecule has 1 amide bonds. The molecule has 0 spiro atoms. The second-order valence-corrected chi connectivity index (χ2v) is 3.29. The van der Waals surface area contributed by atoms with Gasteiger partial charge in [-0.3, -0.25) is 4.79 Å². The summed E-state index contributed by atoms with van der Waals surface area (Å²) >= 11 is 0. The van der Waals surface area contributed by atoms with E-state index in [4.69, 9.17) is 4.74 Å². The van der Waals surface area contributed by atoms with E-state index in [2.05, 4.69) is 15.3 Å². The highest BCUT2D eigenvalue weighted by Crippen LogP contribution is 2.00. The Kier molecular flexibility index (Phi) is 4.50. The van der Waals surface area contributed by atoms with E-state index < -0.39 is 12.0 Å². The van der Waals surface area contributed by atoms with Crippen LogP contribution in [0, 0.1) is 0 Å². The minimum Gasteiger partial charge on any atom is -0.464 e. The van der Waals surface area contributed by atoms with Crippen molar-refractivity contribution in [2.45, 2.75) is 26.3 Å². The molecule has 88 valence electrons. The molecule has 0 aliphatic rings. The van der Waals surface area contributed by atoms with Gasteiger partial charge < -0.3 is 15.0 Å². The second kappa shape index (κ2) is 5.89. The van der Waals surface area contributed by atoms with Gasteiger partial charge in [-0.15, -0.1) is 0 Å². The SMILES string of the molecule is CCOC(=O)C(Cc1c[15n]c[15nH]1)NC(C)=O. The quantitative estimate of drug-likeness (QED) is 0.694. The number of nitrogens with zero attached hydrogens (tertiary/aromatic N) is 1. The summed E-state index contributed by atoms with van der Waals surface area (Å²) in [6, 6.07) is -0.669. The summed E-state index contributed by atoms with van der Waals surface area (Å²) in [5.41, 5.74) is 0.770. The predicted molar refractivity (Wildman–Crippen MR) is 56.5 cm³/mol. The van der Waals surface area contributed by atoms with Crippen LogP contribution in [0.2, 0.25) is 0 Å². The molecule has 0 aliphatic heterocycles. The van der Waals surface area contributed by atoms with E-state index in [1.807, 2.05) is 0 Å². The van der Waals surface area contributed by atoms with Crippen molar-refractivity contribution in [3.05, 3.63) is 18.2 Å². The van der Waals surface area contributed by atoms with Crippen LogP contribution in [0.5, 0.6) is 0 Å². The minimum atomic E-state index is -0.669. The zero-order valence-corrected chi connectivity index (χ0v) is 9.32. The van der Waals surface area contributed by atoms with E-state index >= 15 is 0 Å². The molecule has 1 rings (SSSR count). The lowest BCUT2D eigenvalue weighted by Crippen LogP contribution is -2.42. The molecule has 1 unspecified atom stereocenters. The van der Waals surface area contributed by atoms with Gasteiger partial charge in [0, 0.05) is 25.2 Å². The van der Waals surface area contributed by atoms with E-state index in [0.717, 1.165) is 5.69 Å². The van der Waals surface area contributed by atoms with Crippen LogP contribution in [-0.4, -0.2) is 34.5 Å². The Labute approximate surface area is 93.4 Å². The smallest absolute Gasteiger partial charge is 0.329 e. The first kappa shape index (κ1) is 12.2. The number of esters is 1. The van der Waals surface area contributed by atoms with Crippen LogP contribution in [0.25, 0.3) is 0 Å². The summed E-state index contributed by atoms with van der Waals surface area (Å²) in [6.07, 6.45) is 3.47. The van der Waals surface area contributed by atoms with Gasteiger partial charge in [-0.25, -0.2) is 9.78 Å². The molecule has 0 aliphatic carbocycles. The Morgan fingerprint density at radius 1 is 1.62 bits per heavy atom. The summed E-state index contributed by atoms with van der Waals surface area (Å²) in [5.74, 6) is -0.704. The zero-order valence-electron chi connectivity index (χ0n) is 9.32. The van der Waals surface area contributed by atoms with Gasteiger partial charge in [0.2, 0.25) is 5.91 Å². The Morgan fingerprint density at radius 3 is 2.88 bits per heavy atom. The molecule has 0 bridgehead atoms. The van der Waals surface area contributed by atoms with Crippen molar-refractivity contribution in [2.24, 2.45) is 0 Å². The number of hydrogen-bond acceptors (Lipinski definition) is 4. The molecule has 0 saturated heterocycles. The molecule has 6 nitrogen and oxygen atoms in total. The maximum atomic E-state index is 11.5.